The van der Waals surface area contributed by atoms with Crippen molar-refractivity contribution in [2.75, 3.05) is 6.54 Å². The number of thioether (sulfide) groups is 1. The fraction of sp³-hybridized carbons (Fsp3) is 0.450. The van der Waals surface area contributed by atoms with Crippen LogP contribution in [0.5, 0.6) is 0 Å². The molecule has 140 valence electrons. The zero-order chi connectivity index (χ0) is 19.3. The lowest BCUT2D eigenvalue weighted by Crippen LogP contribution is -2.30. The molecule has 0 spiro atoms. The fourth-order valence-electron chi connectivity index (χ4n) is 2.53. The van der Waals surface area contributed by atoms with Crippen LogP contribution in [-0.4, -0.2) is 32.5 Å². The van der Waals surface area contributed by atoms with Gasteiger partial charge < -0.3 is 5.32 Å². The van der Waals surface area contributed by atoms with Crippen molar-refractivity contribution in [1.29, 1.82) is 0 Å². The van der Waals surface area contributed by atoms with Crippen LogP contribution in [0.1, 0.15) is 40.2 Å². The summed E-state index contributed by atoms with van der Waals surface area (Å²) in [5.41, 5.74) is 2.39. The summed E-state index contributed by atoms with van der Waals surface area (Å²) >= 11 is 1.41. The first-order valence-electron chi connectivity index (χ1n) is 8.87. The van der Waals surface area contributed by atoms with Crippen LogP contribution in [-0.2, 0) is 16.8 Å². The Balaban J connectivity index is 2.31. The Bertz CT molecular complexity index is 759. The van der Waals surface area contributed by atoms with Crippen LogP contribution in [0, 0.1) is 0 Å². The molecule has 0 aliphatic heterocycles. The third-order valence-corrected chi connectivity index (χ3v) is 5.12. The van der Waals surface area contributed by atoms with E-state index in [2.05, 4.69) is 67.1 Å². The normalized spacial score (nSPS) is 12.7. The maximum absolute atomic E-state index is 12.0. The van der Waals surface area contributed by atoms with Crippen molar-refractivity contribution in [3.05, 3.63) is 42.5 Å². The van der Waals surface area contributed by atoms with Gasteiger partial charge in [0.2, 0.25) is 5.91 Å². The zero-order valence-corrected chi connectivity index (χ0v) is 17.1. The first-order chi connectivity index (χ1) is 12.3. The van der Waals surface area contributed by atoms with Gasteiger partial charge in [0.05, 0.1) is 5.25 Å². The van der Waals surface area contributed by atoms with E-state index in [4.69, 9.17) is 0 Å². The minimum atomic E-state index is -0.237. The summed E-state index contributed by atoms with van der Waals surface area (Å²) in [7, 11) is 0. The van der Waals surface area contributed by atoms with E-state index in [-0.39, 0.29) is 16.6 Å². The molecule has 1 amide bonds. The van der Waals surface area contributed by atoms with E-state index in [1.165, 1.54) is 17.3 Å². The van der Waals surface area contributed by atoms with E-state index in [0.29, 0.717) is 13.1 Å². The zero-order valence-electron chi connectivity index (χ0n) is 16.2. The van der Waals surface area contributed by atoms with Gasteiger partial charge in [0, 0.05) is 18.7 Å². The SMILES string of the molecule is C=CCn1c(S[C@@H](C)C(=O)NCC)nnc1-c1ccc(C(C)(C)C)cc1. The number of rotatable bonds is 7. The second kappa shape index (κ2) is 8.54. The Labute approximate surface area is 160 Å². The highest BCUT2D eigenvalue weighted by Crippen LogP contribution is 2.29. The lowest BCUT2D eigenvalue weighted by molar-refractivity contribution is -0.120. The molecule has 0 saturated heterocycles. The van der Waals surface area contributed by atoms with Crippen LogP contribution in [0.4, 0.5) is 0 Å². The Hall–Kier alpha value is -2.08. The highest BCUT2D eigenvalue weighted by Gasteiger charge is 2.20. The minimum Gasteiger partial charge on any atom is -0.355 e. The molecule has 1 atom stereocenters. The van der Waals surface area contributed by atoms with Crippen molar-refractivity contribution in [2.45, 2.75) is 57.0 Å². The molecule has 1 aromatic heterocycles. The summed E-state index contributed by atoms with van der Waals surface area (Å²) in [6.45, 7) is 15.4. The molecule has 0 unspecified atom stereocenters. The van der Waals surface area contributed by atoms with Crippen molar-refractivity contribution in [1.82, 2.24) is 20.1 Å². The first-order valence-corrected chi connectivity index (χ1v) is 9.75. The maximum atomic E-state index is 12.0. The molecule has 0 saturated carbocycles. The summed E-state index contributed by atoms with van der Waals surface area (Å²) in [6, 6.07) is 8.41. The number of nitrogens with zero attached hydrogens (tertiary/aromatic N) is 3. The van der Waals surface area contributed by atoms with E-state index >= 15 is 0 Å². The van der Waals surface area contributed by atoms with Crippen molar-refractivity contribution < 1.29 is 4.79 Å². The quantitative estimate of drug-likeness (QED) is 0.588. The number of aromatic nitrogens is 3. The molecular formula is C20H28N4OS. The molecule has 6 heteroatoms. The highest BCUT2D eigenvalue weighted by molar-refractivity contribution is 8.00. The van der Waals surface area contributed by atoms with Gasteiger partial charge in [-0.05, 0) is 24.8 Å². The second-order valence-corrected chi connectivity index (χ2v) is 8.50. The summed E-state index contributed by atoms with van der Waals surface area (Å²) in [5, 5.41) is 12.0. The van der Waals surface area contributed by atoms with E-state index in [1.54, 1.807) is 0 Å². The van der Waals surface area contributed by atoms with Crippen molar-refractivity contribution in [3.8, 4) is 11.4 Å². The van der Waals surface area contributed by atoms with Gasteiger partial charge in [-0.15, -0.1) is 16.8 Å². The lowest BCUT2D eigenvalue weighted by atomic mass is 9.87. The van der Waals surface area contributed by atoms with Crippen molar-refractivity contribution >= 4 is 17.7 Å². The number of nitrogens with one attached hydrogen (secondary N) is 1. The maximum Gasteiger partial charge on any atom is 0.233 e. The average molecular weight is 373 g/mol. The Morgan fingerprint density at radius 1 is 1.31 bits per heavy atom. The van der Waals surface area contributed by atoms with Crippen molar-refractivity contribution in [2.24, 2.45) is 0 Å². The average Bonchev–Trinajstić information content (AvgIpc) is 2.97. The largest absolute Gasteiger partial charge is 0.355 e. The molecule has 26 heavy (non-hydrogen) atoms. The van der Waals surface area contributed by atoms with Gasteiger partial charge in [-0.3, -0.25) is 9.36 Å². The highest BCUT2D eigenvalue weighted by atomic mass is 32.2. The molecule has 0 radical (unpaired) electrons. The molecule has 0 aliphatic rings. The molecule has 1 heterocycles. The standard InChI is InChI=1S/C20H28N4OS/c1-7-13-24-17(15-9-11-16(12-10-15)20(4,5)6)22-23-19(24)26-14(3)18(25)21-8-2/h7,9-12,14H,1,8,13H2,2-6H3,(H,21,25)/t14-/m0/s1. The number of carbonyl (C=O) groups is 1. The predicted molar refractivity (Wildman–Crippen MR) is 108 cm³/mol. The monoisotopic (exact) mass is 372 g/mol. The third kappa shape index (κ3) is 4.75. The molecule has 0 aliphatic carbocycles. The number of hydrogen-bond acceptors (Lipinski definition) is 4. The predicted octanol–water partition coefficient (Wildman–Crippen LogP) is 4.05. The van der Waals surface area contributed by atoms with Gasteiger partial charge in [-0.2, -0.15) is 0 Å². The van der Waals surface area contributed by atoms with E-state index in [0.717, 1.165) is 16.5 Å². The second-order valence-electron chi connectivity index (χ2n) is 7.19. The summed E-state index contributed by atoms with van der Waals surface area (Å²) in [4.78, 5) is 12.0. The molecule has 0 fully saturated rings. The molecule has 2 aromatic rings. The number of benzene rings is 1. The molecular weight excluding hydrogens is 344 g/mol. The molecule has 1 N–H and O–H groups in total. The molecule has 2 rings (SSSR count). The van der Waals surface area contributed by atoms with Gasteiger partial charge in [-0.1, -0.05) is 62.9 Å². The van der Waals surface area contributed by atoms with Gasteiger partial charge in [-0.25, -0.2) is 0 Å². The lowest BCUT2D eigenvalue weighted by Gasteiger charge is -2.19. The Kier molecular flexibility index (Phi) is 6.64. The summed E-state index contributed by atoms with van der Waals surface area (Å²) < 4.78 is 2.00. The van der Waals surface area contributed by atoms with Gasteiger partial charge in [0.15, 0.2) is 11.0 Å². The van der Waals surface area contributed by atoms with Gasteiger partial charge in [0.1, 0.15) is 0 Å². The van der Waals surface area contributed by atoms with Crippen LogP contribution in [0.2, 0.25) is 0 Å². The summed E-state index contributed by atoms with van der Waals surface area (Å²) in [5.74, 6) is 0.790. The summed E-state index contributed by atoms with van der Waals surface area (Å²) in [6.07, 6.45) is 1.82. The number of hydrogen-bond donors (Lipinski definition) is 1. The topological polar surface area (TPSA) is 59.8 Å². The molecule has 5 nitrogen and oxygen atoms in total. The third-order valence-electron chi connectivity index (χ3n) is 4.04. The van der Waals surface area contributed by atoms with Gasteiger partial charge >= 0.3 is 0 Å². The van der Waals surface area contributed by atoms with E-state index in [9.17, 15) is 4.79 Å². The fourth-order valence-corrected chi connectivity index (χ4v) is 3.41. The molecule has 0 bridgehead atoms. The van der Waals surface area contributed by atoms with Crippen LogP contribution in [0.3, 0.4) is 0 Å². The number of allylic oxidation sites excluding steroid dienone is 1. The number of amides is 1. The van der Waals surface area contributed by atoms with Crippen LogP contribution in [0.25, 0.3) is 11.4 Å². The number of carbonyl (C=O) groups excluding carboxylic acids is 1. The van der Waals surface area contributed by atoms with Crippen LogP contribution < -0.4 is 5.32 Å². The van der Waals surface area contributed by atoms with Crippen molar-refractivity contribution in [3.63, 3.8) is 0 Å². The van der Waals surface area contributed by atoms with Gasteiger partial charge in [0.25, 0.3) is 0 Å². The van der Waals surface area contributed by atoms with E-state index in [1.807, 2.05) is 24.5 Å². The Morgan fingerprint density at radius 3 is 2.50 bits per heavy atom. The van der Waals surface area contributed by atoms with E-state index < -0.39 is 0 Å². The Morgan fingerprint density at radius 2 is 1.96 bits per heavy atom. The first kappa shape index (κ1) is 20.2. The van der Waals surface area contributed by atoms with Crippen LogP contribution >= 0.6 is 11.8 Å². The van der Waals surface area contributed by atoms with Crippen LogP contribution in [0.15, 0.2) is 42.1 Å². The minimum absolute atomic E-state index is 0.00160. The smallest absolute Gasteiger partial charge is 0.233 e. The molecule has 1 aromatic carbocycles.